The second-order valence-corrected chi connectivity index (χ2v) is 4.05. The zero-order valence-electron chi connectivity index (χ0n) is 9.72. The number of rotatable bonds is 3. The molecule has 1 saturated heterocycles. The summed E-state index contributed by atoms with van der Waals surface area (Å²) >= 11 is 0. The van der Waals surface area contributed by atoms with E-state index in [1.54, 1.807) is 0 Å². The zero-order chi connectivity index (χ0) is 13.3. The summed E-state index contributed by atoms with van der Waals surface area (Å²) in [4.78, 5) is 37.0. The van der Waals surface area contributed by atoms with E-state index in [2.05, 4.69) is 0 Å². The quantitative estimate of drug-likeness (QED) is 0.591. The molecule has 5 nitrogen and oxygen atoms in total. The largest absolute Gasteiger partial charge is 0.327 e. The van der Waals surface area contributed by atoms with Gasteiger partial charge in [0.2, 0.25) is 0 Å². The Morgan fingerprint density at radius 3 is 2.39 bits per heavy atom. The van der Waals surface area contributed by atoms with Crippen molar-refractivity contribution in [2.24, 2.45) is 0 Å². The fourth-order valence-electron chi connectivity index (χ4n) is 1.70. The Morgan fingerprint density at radius 1 is 1.28 bits per heavy atom. The molecule has 0 unspecified atom stereocenters. The second kappa shape index (κ2) is 4.56. The number of ketones is 1. The zero-order valence-corrected chi connectivity index (χ0v) is 9.72. The van der Waals surface area contributed by atoms with Crippen molar-refractivity contribution in [3.63, 3.8) is 0 Å². The number of nitrogens with zero attached hydrogens (tertiary/aromatic N) is 2. The number of imide groups is 1. The highest BCUT2D eigenvalue weighted by atomic mass is 19.1. The molecule has 0 radical (unpaired) electrons. The van der Waals surface area contributed by atoms with Crippen LogP contribution in [0.2, 0.25) is 0 Å². The highest BCUT2D eigenvalue weighted by Crippen LogP contribution is 2.10. The molecule has 94 valence electrons. The van der Waals surface area contributed by atoms with Crippen LogP contribution in [-0.2, 0) is 4.79 Å². The summed E-state index contributed by atoms with van der Waals surface area (Å²) in [6.45, 7) is -0.330. The van der Waals surface area contributed by atoms with Crippen LogP contribution in [0.4, 0.5) is 9.18 Å². The number of amides is 3. The van der Waals surface area contributed by atoms with Crippen LogP contribution in [0.15, 0.2) is 24.3 Å². The molecule has 1 aromatic carbocycles. The SMILES string of the molecule is CN1CC(=O)N(CC(=O)c2ccc(F)cc2)C1=O. The Bertz CT molecular complexity index is 513. The number of urea groups is 1. The van der Waals surface area contributed by atoms with E-state index in [1.165, 1.54) is 24.1 Å². The number of hydrogen-bond acceptors (Lipinski definition) is 3. The van der Waals surface area contributed by atoms with Crippen molar-refractivity contribution in [3.05, 3.63) is 35.6 Å². The van der Waals surface area contributed by atoms with Gasteiger partial charge in [0.25, 0.3) is 5.91 Å². The first-order chi connectivity index (χ1) is 8.49. The Kier molecular flexibility index (Phi) is 3.10. The molecule has 1 fully saturated rings. The molecule has 1 aromatic rings. The molecule has 1 heterocycles. The van der Waals surface area contributed by atoms with Crippen LogP contribution in [0.25, 0.3) is 0 Å². The van der Waals surface area contributed by atoms with Crippen LogP contribution in [0.1, 0.15) is 10.4 Å². The topological polar surface area (TPSA) is 57.7 Å². The Hall–Kier alpha value is -2.24. The number of hydrogen-bond donors (Lipinski definition) is 0. The molecule has 1 aliphatic heterocycles. The van der Waals surface area contributed by atoms with Crippen molar-refractivity contribution in [3.8, 4) is 0 Å². The molecule has 1 aliphatic rings. The van der Waals surface area contributed by atoms with Gasteiger partial charge in [0.05, 0.1) is 6.54 Å². The number of Topliss-reactive ketones (excluding diaryl/α,β-unsaturated/α-hetero) is 1. The van der Waals surface area contributed by atoms with Gasteiger partial charge in [-0.3, -0.25) is 14.5 Å². The second-order valence-electron chi connectivity index (χ2n) is 4.05. The first-order valence-corrected chi connectivity index (χ1v) is 5.33. The summed E-state index contributed by atoms with van der Waals surface area (Å²) in [5.41, 5.74) is 0.270. The minimum absolute atomic E-state index is 0.0183. The molecule has 0 bridgehead atoms. The summed E-state index contributed by atoms with van der Waals surface area (Å²) < 4.78 is 12.7. The van der Waals surface area contributed by atoms with E-state index in [1.807, 2.05) is 0 Å². The van der Waals surface area contributed by atoms with E-state index in [0.29, 0.717) is 0 Å². The standard InChI is InChI=1S/C12H11FN2O3/c1-14-7-11(17)15(12(14)18)6-10(16)8-2-4-9(13)5-3-8/h2-5H,6-7H2,1H3. The molecule has 0 atom stereocenters. The fourth-order valence-corrected chi connectivity index (χ4v) is 1.70. The van der Waals surface area contributed by atoms with Gasteiger partial charge in [-0.05, 0) is 24.3 Å². The van der Waals surface area contributed by atoms with Crippen LogP contribution >= 0.6 is 0 Å². The van der Waals surface area contributed by atoms with Gasteiger partial charge in [0, 0.05) is 12.6 Å². The minimum Gasteiger partial charge on any atom is -0.318 e. The van der Waals surface area contributed by atoms with Crippen LogP contribution in [0, 0.1) is 5.82 Å². The van der Waals surface area contributed by atoms with E-state index in [0.717, 1.165) is 17.0 Å². The smallest absolute Gasteiger partial charge is 0.318 e. The lowest BCUT2D eigenvalue weighted by Crippen LogP contribution is -2.36. The molecule has 0 aliphatic carbocycles. The molecule has 6 heteroatoms. The first kappa shape index (κ1) is 12.2. The van der Waals surface area contributed by atoms with Crippen molar-refractivity contribution in [1.82, 2.24) is 9.80 Å². The molecular formula is C12H11FN2O3. The number of likely N-dealkylation sites (N-methyl/N-ethyl adjacent to an activating group) is 1. The monoisotopic (exact) mass is 250 g/mol. The Morgan fingerprint density at radius 2 is 1.89 bits per heavy atom. The molecule has 3 amide bonds. The van der Waals surface area contributed by atoms with Crippen molar-refractivity contribution in [2.75, 3.05) is 20.1 Å². The minimum atomic E-state index is -0.490. The maximum Gasteiger partial charge on any atom is 0.327 e. The normalized spacial score (nSPS) is 15.4. The van der Waals surface area contributed by atoms with Crippen molar-refractivity contribution >= 4 is 17.7 Å². The van der Waals surface area contributed by atoms with Gasteiger partial charge < -0.3 is 4.90 Å². The lowest BCUT2D eigenvalue weighted by atomic mass is 10.1. The van der Waals surface area contributed by atoms with E-state index in [4.69, 9.17) is 0 Å². The van der Waals surface area contributed by atoms with Gasteiger partial charge in [-0.1, -0.05) is 0 Å². The van der Waals surface area contributed by atoms with Gasteiger partial charge in [0.1, 0.15) is 12.4 Å². The van der Waals surface area contributed by atoms with Crippen molar-refractivity contribution in [2.45, 2.75) is 0 Å². The summed E-state index contributed by atoms with van der Waals surface area (Å²) in [5.74, 6) is -1.25. The van der Waals surface area contributed by atoms with Crippen molar-refractivity contribution in [1.29, 1.82) is 0 Å². The van der Waals surface area contributed by atoms with Crippen molar-refractivity contribution < 1.29 is 18.8 Å². The summed E-state index contributed by atoms with van der Waals surface area (Å²) in [5, 5.41) is 0. The van der Waals surface area contributed by atoms with Gasteiger partial charge in [-0.2, -0.15) is 0 Å². The average molecular weight is 250 g/mol. The van der Waals surface area contributed by atoms with E-state index >= 15 is 0 Å². The predicted molar refractivity (Wildman–Crippen MR) is 60.5 cm³/mol. The molecule has 0 N–H and O–H groups in total. The molecule has 0 aromatic heterocycles. The van der Waals surface area contributed by atoms with E-state index < -0.39 is 23.5 Å². The van der Waals surface area contributed by atoms with Gasteiger partial charge >= 0.3 is 6.03 Å². The third-order valence-corrected chi connectivity index (χ3v) is 2.70. The molecule has 0 spiro atoms. The Balaban J connectivity index is 2.10. The first-order valence-electron chi connectivity index (χ1n) is 5.33. The van der Waals surface area contributed by atoms with Crippen LogP contribution < -0.4 is 0 Å². The summed E-state index contributed by atoms with van der Waals surface area (Å²) in [6.07, 6.45) is 0. The summed E-state index contributed by atoms with van der Waals surface area (Å²) in [7, 11) is 1.49. The van der Waals surface area contributed by atoms with Gasteiger partial charge in [-0.15, -0.1) is 0 Å². The highest BCUT2D eigenvalue weighted by Gasteiger charge is 2.34. The summed E-state index contributed by atoms with van der Waals surface area (Å²) in [6, 6.07) is 4.48. The average Bonchev–Trinajstić information content (AvgIpc) is 2.57. The lowest BCUT2D eigenvalue weighted by Gasteiger charge is -2.12. The number of carbonyl (C=O) groups excluding carboxylic acids is 3. The molecule has 2 rings (SSSR count). The third-order valence-electron chi connectivity index (χ3n) is 2.70. The van der Waals surface area contributed by atoms with E-state index in [-0.39, 0.29) is 18.7 Å². The molecular weight excluding hydrogens is 239 g/mol. The van der Waals surface area contributed by atoms with Crippen LogP contribution in [-0.4, -0.2) is 47.7 Å². The Labute approximate surface area is 103 Å². The van der Waals surface area contributed by atoms with Crippen LogP contribution in [0.5, 0.6) is 0 Å². The van der Waals surface area contributed by atoms with Gasteiger partial charge in [-0.25, -0.2) is 9.18 Å². The molecule has 0 saturated carbocycles. The van der Waals surface area contributed by atoms with Crippen LogP contribution in [0.3, 0.4) is 0 Å². The van der Waals surface area contributed by atoms with E-state index in [9.17, 15) is 18.8 Å². The number of halogens is 1. The fraction of sp³-hybridized carbons (Fsp3) is 0.250. The third kappa shape index (κ3) is 2.22. The van der Waals surface area contributed by atoms with Gasteiger partial charge in [0.15, 0.2) is 5.78 Å². The maximum atomic E-state index is 12.7. The number of benzene rings is 1. The number of carbonyl (C=O) groups is 3. The predicted octanol–water partition coefficient (Wildman–Crippen LogP) is 0.902. The maximum absolute atomic E-state index is 12.7. The molecule has 18 heavy (non-hydrogen) atoms. The lowest BCUT2D eigenvalue weighted by molar-refractivity contribution is -0.125. The highest BCUT2D eigenvalue weighted by molar-refractivity contribution is 6.07.